The highest BCUT2D eigenvalue weighted by Gasteiger charge is 2.61. The van der Waals surface area contributed by atoms with Gasteiger partial charge >= 0.3 is 0 Å². The maximum absolute atomic E-state index is 15.2. The van der Waals surface area contributed by atoms with Crippen LogP contribution in [-0.4, -0.2) is 5.66 Å². The lowest BCUT2D eigenvalue weighted by Gasteiger charge is -2.61. The zero-order valence-electron chi connectivity index (χ0n) is 26.7. The van der Waals surface area contributed by atoms with Crippen molar-refractivity contribution in [3.63, 3.8) is 0 Å². The Morgan fingerprint density at radius 2 is 1.34 bits per heavy atom. The molecule has 4 aliphatic rings. The molecule has 2 heteroatoms. The normalized spacial score (nSPS) is 37.7. The Balaban J connectivity index is 1.20. The molecule has 0 spiro atoms. The van der Waals surface area contributed by atoms with E-state index < -0.39 is 7.14 Å². The van der Waals surface area contributed by atoms with E-state index in [0.717, 1.165) is 64.9 Å². The lowest BCUT2D eigenvalue weighted by molar-refractivity contribution is -0.113. The fourth-order valence-electron chi connectivity index (χ4n) is 11.5. The minimum atomic E-state index is -2.69. The molecule has 224 valence electrons. The van der Waals surface area contributed by atoms with Crippen LogP contribution < -0.4 is 10.6 Å². The smallest absolute Gasteiger partial charge is 0.146 e. The Hall–Kier alpha value is -1.33. The van der Waals surface area contributed by atoms with E-state index in [-0.39, 0.29) is 5.66 Å². The van der Waals surface area contributed by atoms with Crippen LogP contribution in [0.1, 0.15) is 112 Å². The third kappa shape index (κ3) is 5.13. The van der Waals surface area contributed by atoms with Gasteiger partial charge in [0.1, 0.15) is 7.14 Å². The summed E-state index contributed by atoms with van der Waals surface area (Å²) >= 11 is 0. The van der Waals surface area contributed by atoms with E-state index in [1.165, 1.54) is 64.2 Å². The van der Waals surface area contributed by atoms with Crippen LogP contribution in [0.2, 0.25) is 0 Å². The molecule has 0 aliphatic heterocycles. The molecule has 0 N–H and O–H groups in total. The molecule has 0 radical (unpaired) electrons. The maximum Gasteiger partial charge on any atom is 0.146 e. The van der Waals surface area contributed by atoms with Crippen LogP contribution in [0, 0.1) is 52.3 Å². The van der Waals surface area contributed by atoms with E-state index in [4.69, 9.17) is 0 Å². The molecule has 4 aliphatic carbocycles. The van der Waals surface area contributed by atoms with Gasteiger partial charge in [-0.25, -0.2) is 0 Å². The molecule has 0 aromatic heterocycles. The Kier molecular flexibility index (Phi) is 8.44. The second-order valence-corrected chi connectivity index (χ2v) is 19.0. The van der Waals surface area contributed by atoms with Gasteiger partial charge in [-0.15, -0.1) is 0 Å². The fourth-order valence-corrected chi connectivity index (χ4v) is 14.9. The molecule has 1 nitrogen and oxygen atoms in total. The van der Waals surface area contributed by atoms with Crippen molar-refractivity contribution in [3.8, 4) is 0 Å². The largest absolute Gasteiger partial charge is 0.313 e. The van der Waals surface area contributed by atoms with Crippen molar-refractivity contribution in [2.45, 2.75) is 117 Å². The molecule has 0 unspecified atom stereocenters. The number of rotatable bonds is 8. The van der Waals surface area contributed by atoms with Gasteiger partial charge in [-0.2, -0.15) is 0 Å². The van der Waals surface area contributed by atoms with E-state index in [0.29, 0.717) is 10.8 Å². The molecule has 0 bridgehead atoms. The summed E-state index contributed by atoms with van der Waals surface area (Å²) in [6.07, 6.45) is 16.4. The summed E-state index contributed by atoms with van der Waals surface area (Å²) in [7, 11) is -2.69. The fraction of sp³-hybridized carbons (Fsp3) is 0.692. The zero-order valence-corrected chi connectivity index (χ0v) is 27.6. The first-order valence-corrected chi connectivity index (χ1v) is 19.2. The standard InChI is InChI=1S/C39H57OP/c1-28(2)13-12-14-29(3)35-21-22-36-34-20-19-30-27-33(23-25-38(30,4)37(34)24-26-39(35,36)5)41(40,31-15-8-6-9-16-31)32-17-10-7-11-18-32/h6-11,15-18,28-30,33-37H,12-14,19-27H2,1-5H3/t29-,30-,33-,34+,35-,36+,37+,38-,39+/m0/s1. The van der Waals surface area contributed by atoms with E-state index in [9.17, 15) is 0 Å². The third-order valence-electron chi connectivity index (χ3n) is 13.6. The van der Waals surface area contributed by atoms with Gasteiger partial charge in [-0.05, 0) is 110 Å². The molecule has 4 saturated carbocycles. The Morgan fingerprint density at radius 1 is 0.732 bits per heavy atom. The third-order valence-corrected chi connectivity index (χ3v) is 17.3. The van der Waals surface area contributed by atoms with Crippen molar-refractivity contribution in [2.75, 3.05) is 0 Å². The first kappa shape index (κ1) is 29.7. The molecule has 2 aromatic rings. The molecular formula is C39H57OP. The Morgan fingerprint density at radius 3 is 1.98 bits per heavy atom. The lowest BCUT2D eigenvalue weighted by atomic mass is 9.44. The number of hydrogen-bond donors (Lipinski definition) is 0. The first-order chi connectivity index (χ1) is 19.7. The van der Waals surface area contributed by atoms with E-state index >= 15 is 4.57 Å². The summed E-state index contributed by atoms with van der Waals surface area (Å²) in [5.74, 6) is 6.12. The van der Waals surface area contributed by atoms with E-state index in [1.807, 2.05) is 0 Å². The van der Waals surface area contributed by atoms with Gasteiger partial charge in [0.25, 0.3) is 0 Å². The van der Waals surface area contributed by atoms with Gasteiger partial charge in [0.2, 0.25) is 0 Å². The van der Waals surface area contributed by atoms with Gasteiger partial charge in [0.05, 0.1) is 0 Å². The monoisotopic (exact) mass is 572 g/mol. The van der Waals surface area contributed by atoms with Gasteiger partial charge in [0, 0.05) is 16.3 Å². The summed E-state index contributed by atoms with van der Waals surface area (Å²) in [6, 6.07) is 21.0. The summed E-state index contributed by atoms with van der Waals surface area (Å²) < 4.78 is 15.2. The van der Waals surface area contributed by atoms with Gasteiger partial charge in [-0.3, -0.25) is 0 Å². The maximum atomic E-state index is 15.2. The van der Waals surface area contributed by atoms with Gasteiger partial charge < -0.3 is 4.57 Å². The molecule has 4 fully saturated rings. The van der Waals surface area contributed by atoms with Crippen LogP contribution in [-0.2, 0) is 4.57 Å². The van der Waals surface area contributed by atoms with Crippen LogP contribution >= 0.6 is 7.14 Å². The molecule has 2 aromatic carbocycles. The van der Waals surface area contributed by atoms with E-state index in [1.54, 1.807) is 0 Å². The molecule has 0 saturated heterocycles. The Bertz CT molecular complexity index is 1160. The average Bonchev–Trinajstić information content (AvgIpc) is 3.34. The highest BCUT2D eigenvalue weighted by atomic mass is 31.2. The molecule has 0 amide bonds. The predicted molar refractivity (Wildman–Crippen MR) is 177 cm³/mol. The summed E-state index contributed by atoms with van der Waals surface area (Å²) in [5, 5.41) is 2.14. The second kappa shape index (κ2) is 11.6. The molecule has 41 heavy (non-hydrogen) atoms. The molecular weight excluding hydrogens is 515 g/mol. The predicted octanol–water partition coefficient (Wildman–Crippen LogP) is 10.5. The van der Waals surface area contributed by atoms with Crippen LogP contribution in [0.25, 0.3) is 0 Å². The molecule has 6 rings (SSSR count). The first-order valence-electron chi connectivity index (χ1n) is 17.4. The van der Waals surface area contributed by atoms with Crippen LogP contribution in [0.3, 0.4) is 0 Å². The number of hydrogen-bond acceptors (Lipinski definition) is 1. The van der Waals surface area contributed by atoms with Crippen molar-refractivity contribution in [1.82, 2.24) is 0 Å². The summed E-state index contributed by atoms with van der Waals surface area (Å²) in [4.78, 5) is 0. The van der Waals surface area contributed by atoms with Crippen molar-refractivity contribution < 1.29 is 4.57 Å². The summed E-state index contributed by atoms with van der Waals surface area (Å²) in [6.45, 7) is 12.8. The van der Waals surface area contributed by atoms with Crippen molar-refractivity contribution in [3.05, 3.63) is 60.7 Å². The van der Waals surface area contributed by atoms with Crippen molar-refractivity contribution in [2.24, 2.45) is 52.3 Å². The topological polar surface area (TPSA) is 17.1 Å². The Labute approximate surface area is 252 Å². The highest BCUT2D eigenvalue weighted by Crippen LogP contribution is 2.70. The number of fused-ring (bicyclic) bond motifs is 5. The highest BCUT2D eigenvalue weighted by molar-refractivity contribution is 7.79. The number of benzene rings is 2. The molecule has 0 heterocycles. The van der Waals surface area contributed by atoms with Crippen molar-refractivity contribution >= 4 is 17.8 Å². The van der Waals surface area contributed by atoms with Crippen LogP contribution in [0.15, 0.2) is 60.7 Å². The lowest BCUT2D eigenvalue weighted by Crippen LogP contribution is -2.54. The van der Waals surface area contributed by atoms with Crippen LogP contribution in [0.5, 0.6) is 0 Å². The second-order valence-electron chi connectivity index (χ2n) is 15.9. The van der Waals surface area contributed by atoms with Crippen molar-refractivity contribution in [1.29, 1.82) is 0 Å². The molecule has 9 atom stereocenters. The zero-order chi connectivity index (χ0) is 28.8. The quantitative estimate of drug-likeness (QED) is 0.288. The SMILES string of the molecule is CC(C)CCC[C@H](C)[C@@H]1CC[C@@H]2[C@H]3CC[C@H]4C[C@@H](P(=O)(c5ccccc5)c5ccccc5)CC[C@]4(C)[C@@H]3CC[C@@]21C. The van der Waals surface area contributed by atoms with Gasteiger partial charge in [-0.1, -0.05) is 115 Å². The summed E-state index contributed by atoms with van der Waals surface area (Å²) in [5.41, 5.74) is 1.27. The minimum Gasteiger partial charge on any atom is -0.313 e. The van der Waals surface area contributed by atoms with Crippen LogP contribution in [0.4, 0.5) is 0 Å². The minimum absolute atomic E-state index is 0.276. The van der Waals surface area contributed by atoms with Gasteiger partial charge in [0.15, 0.2) is 0 Å². The average molecular weight is 573 g/mol. The van der Waals surface area contributed by atoms with E-state index in [2.05, 4.69) is 95.3 Å².